The van der Waals surface area contributed by atoms with Crippen LogP contribution in [0.25, 0.3) is 0 Å². The van der Waals surface area contributed by atoms with Gasteiger partial charge in [0.1, 0.15) is 0 Å². The SMILES string of the molecule is CN(C(=O)CNC(=O)CC12CC3CC(CC(C3)C1)C2)C1CCCCC1. The molecule has 4 nitrogen and oxygen atoms in total. The van der Waals surface area contributed by atoms with E-state index in [4.69, 9.17) is 0 Å². The highest BCUT2D eigenvalue weighted by molar-refractivity contribution is 5.85. The van der Waals surface area contributed by atoms with E-state index in [9.17, 15) is 9.59 Å². The molecule has 1 N–H and O–H groups in total. The van der Waals surface area contributed by atoms with Gasteiger partial charge in [-0.3, -0.25) is 9.59 Å². The Hall–Kier alpha value is -1.06. The highest BCUT2D eigenvalue weighted by Gasteiger charge is 2.51. The molecule has 5 aliphatic rings. The Balaban J connectivity index is 1.26. The first-order valence-electron chi connectivity index (χ1n) is 10.6. The second-order valence-corrected chi connectivity index (χ2v) is 9.67. The molecule has 5 fully saturated rings. The van der Waals surface area contributed by atoms with Gasteiger partial charge in [-0.15, -0.1) is 0 Å². The Morgan fingerprint density at radius 3 is 2.08 bits per heavy atom. The molecule has 5 saturated carbocycles. The maximum Gasteiger partial charge on any atom is 0.241 e. The zero-order valence-corrected chi connectivity index (χ0v) is 15.8. The second kappa shape index (κ2) is 6.92. The van der Waals surface area contributed by atoms with E-state index in [0.717, 1.165) is 30.6 Å². The molecule has 0 heterocycles. The summed E-state index contributed by atoms with van der Waals surface area (Å²) < 4.78 is 0. The fourth-order valence-electron chi connectivity index (χ4n) is 6.88. The fraction of sp³-hybridized carbons (Fsp3) is 0.905. The Morgan fingerprint density at radius 2 is 1.52 bits per heavy atom. The van der Waals surface area contributed by atoms with E-state index >= 15 is 0 Å². The number of carbonyl (C=O) groups excluding carboxylic acids is 2. The average Bonchev–Trinajstić information content (AvgIpc) is 2.58. The number of nitrogens with zero attached hydrogens (tertiary/aromatic N) is 1. The van der Waals surface area contributed by atoms with Crippen LogP contribution in [0.4, 0.5) is 0 Å². The minimum absolute atomic E-state index is 0.0748. The largest absolute Gasteiger partial charge is 0.347 e. The van der Waals surface area contributed by atoms with Gasteiger partial charge in [-0.25, -0.2) is 0 Å². The molecular weight excluding hydrogens is 312 g/mol. The molecular formula is C21H34N2O2. The summed E-state index contributed by atoms with van der Waals surface area (Å²) in [5, 5.41) is 2.95. The van der Waals surface area contributed by atoms with E-state index in [1.807, 2.05) is 11.9 Å². The predicted octanol–water partition coefficient (Wildman–Crippen LogP) is 3.50. The second-order valence-electron chi connectivity index (χ2n) is 9.67. The molecule has 0 saturated heterocycles. The predicted molar refractivity (Wildman–Crippen MR) is 97.9 cm³/mol. The van der Waals surface area contributed by atoms with Crippen LogP contribution in [0.3, 0.4) is 0 Å². The summed E-state index contributed by atoms with van der Waals surface area (Å²) in [6.45, 7) is 0.179. The van der Waals surface area contributed by atoms with Crippen molar-refractivity contribution in [2.24, 2.45) is 23.2 Å². The Bertz CT molecular complexity index is 489. The highest BCUT2D eigenvalue weighted by Crippen LogP contribution is 2.61. The minimum atomic E-state index is 0.0748. The van der Waals surface area contributed by atoms with Gasteiger partial charge in [-0.05, 0) is 74.5 Å². The first-order chi connectivity index (χ1) is 12.0. The number of amides is 2. The maximum absolute atomic E-state index is 12.5. The lowest BCUT2D eigenvalue weighted by molar-refractivity contribution is -0.136. The van der Waals surface area contributed by atoms with Gasteiger partial charge >= 0.3 is 0 Å². The molecule has 0 aromatic heterocycles. The van der Waals surface area contributed by atoms with Crippen molar-refractivity contribution < 1.29 is 9.59 Å². The van der Waals surface area contributed by atoms with E-state index in [2.05, 4.69) is 5.32 Å². The zero-order chi connectivity index (χ0) is 17.4. The van der Waals surface area contributed by atoms with Crippen molar-refractivity contribution in [2.45, 2.75) is 83.1 Å². The molecule has 5 rings (SSSR count). The number of hydrogen-bond acceptors (Lipinski definition) is 2. The maximum atomic E-state index is 12.5. The van der Waals surface area contributed by atoms with Gasteiger partial charge in [0, 0.05) is 19.5 Å². The number of nitrogens with one attached hydrogen (secondary N) is 1. The normalized spacial score (nSPS) is 37.1. The van der Waals surface area contributed by atoms with Gasteiger partial charge in [0.15, 0.2) is 0 Å². The first-order valence-corrected chi connectivity index (χ1v) is 10.6. The minimum Gasteiger partial charge on any atom is -0.347 e. The Morgan fingerprint density at radius 1 is 0.960 bits per heavy atom. The lowest BCUT2D eigenvalue weighted by atomic mass is 9.49. The molecule has 0 aromatic rings. The molecule has 4 heteroatoms. The van der Waals surface area contributed by atoms with Gasteiger partial charge in [-0.1, -0.05) is 19.3 Å². The van der Waals surface area contributed by atoms with Crippen LogP contribution < -0.4 is 5.32 Å². The van der Waals surface area contributed by atoms with Crippen molar-refractivity contribution in [3.05, 3.63) is 0 Å². The lowest BCUT2D eigenvalue weighted by Crippen LogP contribution is -2.49. The lowest BCUT2D eigenvalue weighted by Gasteiger charge is -2.56. The molecule has 4 bridgehead atoms. The molecule has 0 atom stereocenters. The molecule has 140 valence electrons. The third-order valence-corrected chi connectivity index (χ3v) is 7.65. The summed E-state index contributed by atoms with van der Waals surface area (Å²) in [5.74, 6) is 2.80. The average molecular weight is 347 g/mol. The summed E-state index contributed by atoms with van der Waals surface area (Å²) in [6.07, 6.45) is 14.6. The zero-order valence-electron chi connectivity index (χ0n) is 15.8. The van der Waals surface area contributed by atoms with Crippen molar-refractivity contribution in [1.82, 2.24) is 10.2 Å². The van der Waals surface area contributed by atoms with Gasteiger partial charge in [0.05, 0.1) is 6.54 Å². The van der Waals surface area contributed by atoms with Crippen LogP contribution >= 0.6 is 0 Å². The first kappa shape index (κ1) is 17.4. The summed E-state index contributed by atoms with van der Waals surface area (Å²) >= 11 is 0. The summed E-state index contributed by atoms with van der Waals surface area (Å²) in [5.41, 5.74) is 0.261. The molecule has 5 aliphatic carbocycles. The Labute approximate surface area is 152 Å². The Kier molecular flexibility index (Phi) is 4.81. The number of likely N-dealkylation sites (N-methyl/N-ethyl adjacent to an activating group) is 1. The van der Waals surface area contributed by atoms with Crippen LogP contribution in [-0.4, -0.2) is 36.3 Å². The van der Waals surface area contributed by atoms with Crippen molar-refractivity contribution in [3.8, 4) is 0 Å². The van der Waals surface area contributed by atoms with E-state index < -0.39 is 0 Å². The summed E-state index contributed by atoms with van der Waals surface area (Å²) in [4.78, 5) is 26.9. The standard InChI is InChI=1S/C21H34N2O2/c1-23(18-5-3-2-4-6-18)20(25)14-22-19(24)13-21-10-15-7-16(11-21)9-17(8-15)12-21/h15-18H,2-14H2,1H3,(H,22,24). The van der Waals surface area contributed by atoms with Gasteiger partial charge in [0.2, 0.25) is 11.8 Å². The van der Waals surface area contributed by atoms with Gasteiger partial charge < -0.3 is 10.2 Å². The smallest absolute Gasteiger partial charge is 0.241 e. The van der Waals surface area contributed by atoms with Gasteiger partial charge in [-0.2, -0.15) is 0 Å². The number of rotatable bonds is 5. The highest BCUT2D eigenvalue weighted by atomic mass is 16.2. The number of carbonyl (C=O) groups is 2. The molecule has 25 heavy (non-hydrogen) atoms. The van der Waals surface area contributed by atoms with E-state index in [1.54, 1.807) is 0 Å². The molecule has 0 aliphatic heterocycles. The van der Waals surface area contributed by atoms with E-state index in [-0.39, 0.29) is 23.8 Å². The van der Waals surface area contributed by atoms with Crippen LogP contribution in [0.5, 0.6) is 0 Å². The van der Waals surface area contributed by atoms with Crippen LogP contribution in [0.15, 0.2) is 0 Å². The van der Waals surface area contributed by atoms with E-state index in [1.165, 1.54) is 57.8 Å². The quantitative estimate of drug-likeness (QED) is 0.828. The van der Waals surface area contributed by atoms with Crippen molar-refractivity contribution in [2.75, 3.05) is 13.6 Å². The third kappa shape index (κ3) is 3.73. The molecule has 0 radical (unpaired) electrons. The molecule has 0 unspecified atom stereocenters. The molecule has 0 aromatic carbocycles. The van der Waals surface area contributed by atoms with Crippen LogP contribution in [0, 0.1) is 23.2 Å². The van der Waals surface area contributed by atoms with Crippen LogP contribution in [0.2, 0.25) is 0 Å². The van der Waals surface area contributed by atoms with Crippen LogP contribution in [-0.2, 0) is 9.59 Å². The fourth-order valence-corrected chi connectivity index (χ4v) is 6.88. The van der Waals surface area contributed by atoms with Gasteiger partial charge in [0.25, 0.3) is 0 Å². The van der Waals surface area contributed by atoms with Crippen molar-refractivity contribution in [1.29, 1.82) is 0 Å². The van der Waals surface area contributed by atoms with Crippen molar-refractivity contribution >= 4 is 11.8 Å². The molecule has 0 spiro atoms. The van der Waals surface area contributed by atoms with Crippen LogP contribution in [0.1, 0.15) is 77.0 Å². The summed E-state index contributed by atoms with van der Waals surface area (Å²) in [7, 11) is 1.91. The summed E-state index contributed by atoms with van der Waals surface area (Å²) in [6, 6.07) is 0.376. The van der Waals surface area contributed by atoms with E-state index in [0.29, 0.717) is 12.5 Å². The molecule has 2 amide bonds. The third-order valence-electron chi connectivity index (χ3n) is 7.65. The number of hydrogen-bond donors (Lipinski definition) is 1. The van der Waals surface area contributed by atoms with Crippen molar-refractivity contribution in [3.63, 3.8) is 0 Å². The topological polar surface area (TPSA) is 49.4 Å². The monoisotopic (exact) mass is 346 g/mol.